The zero-order valence-electron chi connectivity index (χ0n) is 18.2. The molecule has 4 nitrogen and oxygen atoms in total. The molecule has 0 bridgehead atoms. The van der Waals surface area contributed by atoms with Crippen molar-refractivity contribution in [2.24, 2.45) is 5.92 Å². The van der Waals surface area contributed by atoms with Crippen LogP contribution in [0, 0.1) is 5.92 Å². The standard InChI is InChI=1S/C27H26ClNO3/c1-18(2)15-29-25(16-30)26(20-8-10-21(28)11-9-20)24-14-22(12-13-23(24)27(29)31)32-17-19-6-4-3-5-7-19/h3-14,18,30H,15-17H2,1-2H3. The minimum atomic E-state index is -0.245. The lowest BCUT2D eigenvalue weighted by molar-refractivity contribution is 0.267. The van der Waals surface area contributed by atoms with Crippen molar-refractivity contribution in [3.8, 4) is 16.9 Å². The van der Waals surface area contributed by atoms with E-state index < -0.39 is 0 Å². The molecule has 4 rings (SSSR count). The van der Waals surface area contributed by atoms with Crippen molar-refractivity contribution in [1.29, 1.82) is 0 Å². The van der Waals surface area contributed by atoms with E-state index in [1.165, 1.54) is 0 Å². The summed E-state index contributed by atoms with van der Waals surface area (Å²) >= 11 is 6.12. The number of rotatable bonds is 7. The number of pyridine rings is 1. The van der Waals surface area contributed by atoms with Gasteiger partial charge in [-0.3, -0.25) is 4.79 Å². The molecule has 32 heavy (non-hydrogen) atoms. The predicted octanol–water partition coefficient (Wildman–Crippen LogP) is 6.05. The summed E-state index contributed by atoms with van der Waals surface area (Å²) in [4.78, 5) is 13.4. The Hall–Kier alpha value is -3.08. The van der Waals surface area contributed by atoms with Gasteiger partial charge < -0.3 is 14.4 Å². The van der Waals surface area contributed by atoms with Gasteiger partial charge in [0.2, 0.25) is 0 Å². The van der Waals surface area contributed by atoms with E-state index in [4.69, 9.17) is 16.3 Å². The maximum atomic E-state index is 13.4. The van der Waals surface area contributed by atoms with Crippen LogP contribution in [0.4, 0.5) is 0 Å². The molecule has 1 heterocycles. The zero-order chi connectivity index (χ0) is 22.7. The van der Waals surface area contributed by atoms with E-state index in [1.807, 2.05) is 72.8 Å². The average molecular weight is 448 g/mol. The Morgan fingerprint density at radius 3 is 2.34 bits per heavy atom. The minimum Gasteiger partial charge on any atom is -0.489 e. The third-order valence-corrected chi connectivity index (χ3v) is 5.68. The monoisotopic (exact) mass is 447 g/mol. The lowest BCUT2D eigenvalue weighted by Crippen LogP contribution is -2.27. The maximum absolute atomic E-state index is 13.4. The van der Waals surface area contributed by atoms with Gasteiger partial charge in [-0.2, -0.15) is 0 Å². The van der Waals surface area contributed by atoms with Crippen molar-refractivity contribution in [3.05, 3.63) is 99.4 Å². The van der Waals surface area contributed by atoms with Gasteiger partial charge in [-0.1, -0.05) is 67.9 Å². The molecule has 0 aliphatic carbocycles. The van der Waals surface area contributed by atoms with Gasteiger partial charge in [-0.15, -0.1) is 0 Å². The molecule has 1 N–H and O–H groups in total. The third-order valence-electron chi connectivity index (χ3n) is 5.43. The molecule has 0 unspecified atom stereocenters. The fraction of sp³-hybridized carbons (Fsp3) is 0.222. The number of nitrogens with zero attached hydrogens (tertiary/aromatic N) is 1. The van der Waals surface area contributed by atoms with Crippen molar-refractivity contribution in [1.82, 2.24) is 4.57 Å². The SMILES string of the molecule is CC(C)Cn1c(CO)c(-c2ccc(Cl)cc2)c2cc(OCc3ccccc3)ccc2c1=O. The van der Waals surface area contributed by atoms with E-state index in [0.717, 1.165) is 22.1 Å². The van der Waals surface area contributed by atoms with Gasteiger partial charge in [-0.25, -0.2) is 0 Å². The van der Waals surface area contributed by atoms with Crippen LogP contribution in [0.15, 0.2) is 77.6 Å². The van der Waals surface area contributed by atoms with Crippen LogP contribution >= 0.6 is 11.6 Å². The molecule has 4 aromatic rings. The van der Waals surface area contributed by atoms with E-state index in [2.05, 4.69) is 13.8 Å². The van der Waals surface area contributed by atoms with Gasteiger partial charge in [0.15, 0.2) is 0 Å². The van der Waals surface area contributed by atoms with E-state index >= 15 is 0 Å². The van der Waals surface area contributed by atoms with Crippen LogP contribution in [0.5, 0.6) is 5.75 Å². The van der Waals surface area contributed by atoms with E-state index in [1.54, 1.807) is 4.57 Å². The smallest absolute Gasteiger partial charge is 0.258 e. The highest BCUT2D eigenvalue weighted by atomic mass is 35.5. The van der Waals surface area contributed by atoms with Crippen LogP contribution < -0.4 is 10.3 Å². The molecule has 0 radical (unpaired) electrons. The third kappa shape index (κ3) is 4.57. The summed E-state index contributed by atoms with van der Waals surface area (Å²) in [5.41, 5.74) is 3.27. The van der Waals surface area contributed by atoms with E-state index in [9.17, 15) is 9.90 Å². The van der Waals surface area contributed by atoms with Gasteiger partial charge >= 0.3 is 0 Å². The summed E-state index contributed by atoms with van der Waals surface area (Å²) in [6.45, 7) is 4.82. The van der Waals surface area contributed by atoms with Crippen LogP contribution in [-0.4, -0.2) is 9.67 Å². The molecule has 0 saturated heterocycles. The van der Waals surface area contributed by atoms with E-state index in [-0.39, 0.29) is 18.1 Å². The number of hydrogen-bond donors (Lipinski definition) is 1. The molecule has 164 valence electrons. The topological polar surface area (TPSA) is 51.5 Å². The number of halogens is 1. The molecule has 0 aliphatic heterocycles. The lowest BCUT2D eigenvalue weighted by atomic mass is 9.96. The molecule has 1 aromatic heterocycles. The summed E-state index contributed by atoms with van der Waals surface area (Å²) in [6, 6.07) is 22.9. The Bertz CT molecular complexity index is 1280. The normalized spacial score (nSPS) is 11.3. The Morgan fingerprint density at radius 1 is 0.969 bits per heavy atom. The second-order valence-electron chi connectivity index (χ2n) is 8.28. The highest BCUT2D eigenvalue weighted by molar-refractivity contribution is 6.30. The Kier molecular flexibility index (Phi) is 6.63. The quantitative estimate of drug-likeness (QED) is 0.375. The van der Waals surface area contributed by atoms with Crippen LogP contribution in [0.25, 0.3) is 21.9 Å². The van der Waals surface area contributed by atoms with Gasteiger partial charge in [0.05, 0.1) is 12.3 Å². The summed E-state index contributed by atoms with van der Waals surface area (Å²) in [5.74, 6) is 0.920. The summed E-state index contributed by atoms with van der Waals surface area (Å²) in [6.07, 6.45) is 0. The highest BCUT2D eigenvalue weighted by Crippen LogP contribution is 2.34. The maximum Gasteiger partial charge on any atom is 0.258 e. The van der Waals surface area contributed by atoms with Crippen LogP contribution in [0.3, 0.4) is 0 Å². The lowest BCUT2D eigenvalue weighted by Gasteiger charge is -2.20. The molecule has 0 saturated carbocycles. The Labute approximate surface area is 192 Å². The molecular weight excluding hydrogens is 422 g/mol. The number of benzene rings is 3. The summed E-state index contributed by atoms with van der Waals surface area (Å²) in [5, 5.41) is 12.3. The Morgan fingerprint density at radius 2 is 1.69 bits per heavy atom. The van der Waals surface area contributed by atoms with Gasteiger partial charge in [0.25, 0.3) is 5.56 Å². The average Bonchev–Trinajstić information content (AvgIpc) is 2.80. The molecule has 3 aromatic carbocycles. The number of aliphatic hydroxyl groups excluding tert-OH is 1. The zero-order valence-corrected chi connectivity index (χ0v) is 19.0. The summed E-state index contributed by atoms with van der Waals surface area (Å²) < 4.78 is 7.72. The first-order valence-electron chi connectivity index (χ1n) is 10.7. The number of aromatic nitrogens is 1. The largest absolute Gasteiger partial charge is 0.489 e. The van der Waals surface area contributed by atoms with Crippen LogP contribution in [0.2, 0.25) is 5.02 Å². The number of fused-ring (bicyclic) bond motifs is 1. The number of ether oxygens (including phenoxy) is 1. The molecule has 5 heteroatoms. The van der Waals surface area contributed by atoms with Crippen molar-refractivity contribution >= 4 is 22.4 Å². The number of hydrogen-bond acceptors (Lipinski definition) is 3. The van der Waals surface area contributed by atoms with E-state index in [0.29, 0.717) is 35.0 Å². The molecule has 0 spiro atoms. The molecule has 0 atom stereocenters. The fourth-order valence-electron chi connectivity index (χ4n) is 3.97. The van der Waals surface area contributed by atoms with Crippen LogP contribution in [-0.2, 0) is 19.8 Å². The Balaban J connectivity index is 1.90. The van der Waals surface area contributed by atoms with Crippen molar-refractivity contribution < 1.29 is 9.84 Å². The fourth-order valence-corrected chi connectivity index (χ4v) is 4.09. The molecule has 0 amide bonds. The molecule has 0 aliphatic rings. The molecular formula is C27H26ClNO3. The molecule has 0 fully saturated rings. The van der Waals surface area contributed by atoms with Crippen molar-refractivity contribution in [2.75, 3.05) is 0 Å². The van der Waals surface area contributed by atoms with Crippen LogP contribution in [0.1, 0.15) is 25.1 Å². The minimum absolute atomic E-state index is 0.106. The van der Waals surface area contributed by atoms with Gasteiger partial charge in [-0.05, 0) is 47.4 Å². The first kappa shape index (κ1) is 22.1. The predicted molar refractivity (Wildman–Crippen MR) is 130 cm³/mol. The first-order valence-corrected chi connectivity index (χ1v) is 11.1. The second-order valence-corrected chi connectivity index (χ2v) is 8.71. The summed E-state index contributed by atoms with van der Waals surface area (Å²) in [7, 11) is 0. The van der Waals surface area contributed by atoms with Crippen molar-refractivity contribution in [3.63, 3.8) is 0 Å². The van der Waals surface area contributed by atoms with Crippen molar-refractivity contribution in [2.45, 2.75) is 33.6 Å². The number of aliphatic hydroxyl groups is 1. The second kappa shape index (κ2) is 9.60. The van der Waals surface area contributed by atoms with Gasteiger partial charge in [0, 0.05) is 27.9 Å². The highest BCUT2D eigenvalue weighted by Gasteiger charge is 2.19. The van der Waals surface area contributed by atoms with Gasteiger partial charge in [0.1, 0.15) is 12.4 Å². The first-order chi connectivity index (χ1) is 15.5.